The molecule has 1 aliphatic heterocycles. The van der Waals surface area contributed by atoms with Crippen molar-refractivity contribution in [3.05, 3.63) is 58.0 Å². The second-order valence-corrected chi connectivity index (χ2v) is 6.95. The van der Waals surface area contributed by atoms with E-state index in [1.165, 1.54) is 16.7 Å². The third kappa shape index (κ3) is 4.03. The number of carbonyl (C=O) groups is 1. The Labute approximate surface area is 160 Å². The van der Waals surface area contributed by atoms with E-state index >= 15 is 0 Å². The van der Waals surface area contributed by atoms with E-state index in [-0.39, 0.29) is 11.7 Å². The molecular formula is C19H17ClN2O3S. The largest absolute Gasteiger partial charge is 0.504 e. The average molecular weight is 389 g/mol. The van der Waals surface area contributed by atoms with Gasteiger partial charge in [-0.25, -0.2) is 4.99 Å². The fourth-order valence-electron chi connectivity index (χ4n) is 2.32. The molecule has 0 spiro atoms. The monoisotopic (exact) mass is 388 g/mol. The van der Waals surface area contributed by atoms with Gasteiger partial charge in [0.2, 0.25) is 0 Å². The van der Waals surface area contributed by atoms with Crippen molar-refractivity contribution in [2.45, 2.75) is 6.92 Å². The highest BCUT2D eigenvalue weighted by atomic mass is 35.5. The highest BCUT2D eigenvalue weighted by Crippen LogP contribution is 2.35. The maximum absolute atomic E-state index is 12.5. The Balaban J connectivity index is 1.87. The van der Waals surface area contributed by atoms with Gasteiger partial charge in [0.15, 0.2) is 16.7 Å². The van der Waals surface area contributed by atoms with Gasteiger partial charge in [-0.2, -0.15) is 0 Å². The SMILES string of the molecule is CCOc1cc(/C=C2/SC(=Nc3ccc(Cl)cc3)N(C)C2=O)ccc1O. The lowest BCUT2D eigenvalue weighted by Gasteiger charge is -2.07. The van der Waals surface area contributed by atoms with Gasteiger partial charge in [-0.15, -0.1) is 0 Å². The number of phenols is 1. The fourth-order valence-corrected chi connectivity index (χ4v) is 3.43. The number of nitrogens with zero attached hydrogens (tertiary/aromatic N) is 2. The van der Waals surface area contributed by atoms with Crippen LogP contribution >= 0.6 is 23.4 Å². The summed E-state index contributed by atoms with van der Waals surface area (Å²) in [6.45, 7) is 2.29. The standard InChI is InChI=1S/C19H17ClN2O3S/c1-3-25-16-10-12(4-9-15(16)23)11-17-18(24)22(2)19(26-17)21-14-7-5-13(20)6-8-14/h4-11,23H,3H2,1-2H3/b17-11+,21-19?. The second kappa shape index (κ2) is 7.85. The number of rotatable bonds is 4. The molecule has 26 heavy (non-hydrogen) atoms. The smallest absolute Gasteiger partial charge is 0.266 e. The molecule has 0 saturated carbocycles. The zero-order chi connectivity index (χ0) is 18.7. The first-order valence-corrected chi connectivity index (χ1v) is 9.15. The Bertz CT molecular complexity index is 894. The molecule has 0 aliphatic carbocycles. The number of amidine groups is 1. The Hall–Kier alpha value is -2.44. The molecule has 0 unspecified atom stereocenters. The van der Waals surface area contributed by atoms with Crippen LogP contribution in [0.25, 0.3) is 6.08 Å². The molecule has 1 fully saturated rings. The number of aromatic hydroxyl groups is 1. The van der Waals surface area contributed by atoms with Gasteiger partial charge in [0.25, 0.3) is 5.91 Å². The quantitative estimate of drug-likeness (QED) is 0.772. The van der Waals surface area contributed by atoms with Gasteiger partial charge < -0.3 is 9.84 Å². The number of hydrogen-bond acceptors (Lipinski definition) is 5. The zero-order valence-corrected chi connectivity index (χ0v) is 15.8. The van der Waals surface area contributed by atoms with Gasteiger partial charge in [-0.1, -0.05) is 17.7 Å². The Morgan fingerprint density at radius 3 is 2.69 bits per heavy atom. The van der Waals surface area contributed by atoms with Gasteiger partial charge in [-0.3, -0.25) is 9.69 Å². The number of likely N-dealkylation sites (N-methyl/N-ethyl adjacent to an activating group) is 1. The lowest BCUT2D eigenvalue weighted by molar-refractivity contribution is -0.121. The number of amides is 1. The van der Waals surface area contributed by atoms with E-state index in [0.29, 0.717) is 27.5 Å². The van der Waals surface area contributed by atoms with Crippen molar-refractivity contribution in [3.63, 3.8) is 0 Å². The molecule has 5 nitrogen and oxygen atoms in total. The van der Waals surface area contributed by atoms with E-state index in [2.05, 4.69) is 4.99 Å². The van der Waals surface area contributed by atoms with Crippen LogP contribution in [0.4, 0.5) is 5.69 Å². The van der Waals surface area contributed by atoms with Crippen molar-refractivity contribution in [2.24, 2.45) is 4.99 Å². The summed E-state index contributed by atoms with van der Waals surface area (Å²) in [4.78, 5) is 19.1. The maximum atomic E-state index is 12.5. The molecule has 0 radical (unpaired) electrons. The normalized spacial score (nSPS) is 17.3. The lowest BCUT2D eigenvalue weighted by Crippen LogP contribution is -2.23. The summed E-state index contributed by atoms with van der Waals surface area (Å²) in [7, 11) is 1.69. The van der Waals surface area contributed by atoms with Crippen LogP contribution in [0, 0.1) is 0 Å². The first-order valence-electron chi connectivity index (χ1n) is 7.95. The maximum Gasteiger partial charge on any atom is 0.266 e. The highest BCUT2D eigenvalue weighted by Gasteiger charge is 2.30. The summed E-state index contributed by atoms with van der Waals surface area (Å²) in [6, 6.07) is 12.1. The minimum atomic E-state index is -0.131. The number of phenolic OH excluding ortho intramolecular Hbond substituents is 1. The van der Waals surface area contributed by atoms with Crippen molar-refractivity contribution < 1.29 is 14.6 Å². The summed E-state index contributed by atoms with van der Waals surface area (Å²) in [5.41, 5.74) is 1.49. The van der Waals surface area contributed by atoms with Crippen LogP contribution in [0.3, 0.4) is 0 Å². The molecule has 1 saturated heterocycles. The van der Waals surface area contributed by atoms with Crippen molar-refractivity contribution in [1.82, 2.24) is 4.90 Å². The van der Waals surface area contributed by atoms with Crippen LogP contribution < -0.4 is 4.74 Å². The molecule has 3 rings (SSSR count). The number of hydrogen-bond donors (Lipinski definition) is 1. The summed E-state index contributed by atoms with van der Waals surface area (Å²) < 4.78 is 5.38. The molecule has 2 aromatic rings. The summed E-state index contributed by atoms with van der Waals surface area (Å²) >= 11 is 7.18. The van der Waals surface area contributed by atoms with Gasteiger partial charge in [0.05, 0.1) is 17.2 Å². The molecule has 7 heteroatoms. The number of aliphatic imine (C=N–C) groups is 1. The van der Waals surface area contributed by atoms with Crippen LogP contribution in [0.1, 0.15) is 12.5 Å². The molecule has 0 atom stereocenters. The molecular weight excluding hydrogens is 372 g/mol. The van der Waals surface area contributed by atoms with Gasteiger partial charge in [-0.05, 0) is 66.7 Å². The first-order chi connectivity index (χ1) is 12.5. The minimum absolute atomic E-state index is 0.0708. The zero-order valence-electron chi connectivity index (χ0n) is 14.3. The first kappa shape index (κ1) is 18.4. The molecule has 0 aromatic heterocycles. The van der Waals surface area contributed by atoms with Crippen molar-refractivity contribution >= 4 is 46.2 Å². The highest BCUT2D eigenvalue weighted by molar-refractivity contribution is 8.18. The number of benzene rings is 2. The van der Waals surface area contributed by atoms with Crippen LogP contribution in [0.5, 0.6) is 11.5 Å². The molecule has 1 amide bonds. The predicted molar refractivity (Wildman–Crippen MR) is 106 cm³/mol. The molecule has 0 bridgehead atoms. The third-order valence-electron chi connectivity index (χ3n) is 3.64. The molecule has 134 valence electrons. The molecule has 1 heterocycles. The van der Waals surface area contributed by atoms with Gasteiger partial charge in [0.1, 0.15) is 0 Å². The van der Waals surface area contributed by atoms with Crippen molar-refractivity contribution in [3.8, 4) is 11.5 Å². The van der Waals surface area contributed by atoms with Gasteiger partial charge >= 0.3 is 0 Å². The number of halogens is 1. The van der Waals surface area contributed by atoms with E-state index in [9.17, 15) is 9.90 Å². The minimum Gasteiger partial charge on any atom is -0.504 e. The van der Waals surface area contributed by atoms with E-state index < -0.39 is 0 Å². The number of thioether (sulfide) groups is 1. The summed E-state index contributed by atoms with van der Waals surface area (Å²) in [5, 5.41) is 11.0. The Kier molecular flexibility index (Phi) is 5.54. The Morgan fingerprint density at radius 2 is 2.00 bits per heavy atom. The number of ether oxygens (including phenoxy) is 1. The Morgan fingerprint density at radius 1 is 1.27 bits per heavy atom. The summed E-state index contributed by atoms with van der Waals surface area (Å²) in [5.74, 6) is 0.330. The molecule has 2 aromatic carbocycles. The second-order valence-electron chi connectivity index (χ2n) is 5.51. The van der Waals surface area contributed by atoms with E-state index in [1.807, 2.05) is 6.92 Å². The topological polar surface area (TPSA) is 62.1 Å². The van der Waals surface area contributed by atoms with Crippen LogP contribution in [-0.4, -0.2) is 34.7 Å². The fraction of sp³-hybridized carbons (Fsp3) is 0.158. The van der Waals surface area contributed by atoms with Gasteiger partial charge in [0, 0.05) is 12.1 Å². The number of carbonyl (C=O) groups excluding carboxylic acids is 1. The van der Waals surface area contributed by atoms with Crippen molar-refractivity contribution in [1.29, 1.82) is 0 Å². The van der Waals surface area contributed by atoms with Crippen LogP contribution in [-0.2, 0) is 4.79 Å². The molecule has 1 aliphatic rings. The van der Waals surface area contributed by atoms with E-state index in [1.54, 1.807) is 55.6 Å². The van der Waals surface area contributed by atoms with Crippen LogP contribution in [0.2, 0.25) is 5.02 Å². The van der Waals surface area contributed by atoms with E-state index in [0.717, 1.165) is 11.3 Å². The predicted octanol–water partition coefficient (Wildman–Crippen LogP) is 4.68. The summed E-state index contributed by atoms with van der Waals surface area (Å²) in [6.07, 6.45) is 1.76. The lowest BCUT2D eigenvalue weighted by atomic mass is 10.2. The average Bonchev–Trinajstić information content (AvgIpc) is 2.88. The molecule has 1 N–H and O–H groups in total. The van der Waals surface area contributed by atoms with Crippen molar-refractivity contribution in [2.75, 3.05) is 13.7 Å². The van der Waals surface area contributed by atoms with E-state index in [4.69, 9.17) is 16.3 Å². The van der Waals surface area contributed by atoms with Crippen LogP contribution in [0.15, 0.2) is 52.4 Å². The third-order valence-corrected chi connectivity index (χ3v) is 4.95.